The molecule has 1 aliphatic rings. The Morgan fingerprint density at radius 1 is 1.20 bits per heavy atom. The molecule has 2 aromatic carbocycles. The van der Waals surface area contributed by atoms with Crippen LogP contribution in [0, 0.1) is 0 Å². The highest BCUT2D eigenvalue weighted by Crippen LogP contribution is 2.21. The minimum Gasteiger partial charge on any atom is -0.371 e. The molecule has 0 spiro atoms. The van der Waals surface area contributed by atoms with Crippen molar-refractivity contribution in [2.75, 3.05) is 20.2 Å². The van der Waals surface area contributed by atoms with Crippen molar-refractivity contribution in [1.82, 2.24) is 4.90 Å². The quantitative estimate of drug-likeness (QED) is 0.792. The molecule has 1 aliphatic heterocycles. The molecule has 0 fully saturated rings. The number of likely N-dealkylation sites (N-methyl/N-ethyl adjacent to an activating group) is 1. The molecule has 0 saturated heterocycles. The number of hydrogen-bond donors (Lipinski definition) is 0. The van der Waals surface area contributed by atoms with E-state index in [9.17, 15) is 4.79 Å². The molecule has 0 bridgehead atoms. The zero-order valence-electron chi connectivity index (χ0n) is 14.3. The van der Waals surface area contributed by atoms with Gasteiger partial charge in [-0.2, -0.15) is 0 Å². The molecule has 0 N–H and O–H groups in total. The third kappa shape index (κ3) is 4.82. The Kier molecular flexibility index (Phi) is 6.08. The van der Waals surface area contributed by atoms with Crippen LogP contribution in [0.3, 0.4) is 0 Å². The molecule has 0 saturated carbocycles. The van der Waals surface area contributed by atoms with Crippen LogP contribution in [-0.2, 0) is 33.9 Å². The van der Waals surface area contributed by atoms with Crippen LogP contribution in [0.1, 0.15) is 16.7 Å². The zero-order valence-corrected chi connectivity index (χ0v) is 15.0. The maximum Gasteiger partial charge on any atom is 0.248 e. The van der Waals surface area contributed by atoms with Gasteiger partial charge in [0.05, 0.1) is 19.3 Å². The maximum absolute atomic E-state index is 12.2. The lowest BCUT2D eigenvalue weighted by molar-refractivity contribution is -0.137. The first-order chi connectivity index (χ1) is 12.1. The van der Waals surface area contributed by atoms with Gasteiger partial charge in [-0.1, -0.05) is 54.1 Å². The Balaban J connectivity index is 1.44. The minimum atomic E-state index is -0.0606. The van der Waals surface area contributed by atoms with Crippen LogP contribution >= 0.6 is 11.6 Å². The molecule has 0 aromatic heterocycles. The molecule has 1 atom stereocenters. The van der Waals surface area contributed by atoms with E-state index in [1.165, 1.54) is 11.1 Å². The van der Waals surface area contributed by atoms with Gasteiger partial charge in [0.25, 0.3) is 0 Å². The van der Waals surface area contributed by atoms with Gasteiger partial charge >= 0.3 is 0 Å². The monoisotopic (exact) mass is 359 g/mol. The van der Waals surface area contributed by atoms with E-state index >= 15 is 0 Å². The Morgan fingerprint density at radius 2 is 1.92 bits per heavy atom. The van der Waals surface area contributed by atoms with E-state index in [1.807, 2.05) is 36.4 Å². The average Bonchev–Trinajstić information content (AvgIpc) is 2.63. The summed E-state index contributed by atoms with van der Waals surface area (Å²) in [5, 5.41) is 0.651. The summed E-state index contributed by atoms with van der Waals surface area (Å²) < 4.78 is 11.4. The summed E-state index contributed by atoms with van der Waals surface area (Å²) >= 11 is 6.08. The standard InChI is InChI=1S/C20H22ClNO3/c1-22(11-18-10-15-6-2-3-7-16(15)13-25-18)20(23)14-24-12-17-8-4-5-9-19(17)21/h2-9,18H,10-14H2,1H3. The van der Waals surface area contributed by atoms with E-state index in [1.54, 1.807) is 11.9 Å². The van der Waals surface area contributed by atoms with Crippen LogP contribution in [0.2, 0.25) is 5.02 Å². The number of carbonyl (C=O) groups is 1. The zero-order chi connectivity index (χ0) is 17.6. The second-order valence-electron chi connectivity index (χ2n) is 6.26. The maximum atomic E-state index is 12.2. The number of carbonyl (C=O) groups excluding carboxylic acids is 1. The summed E-state index contributed by atoms with van der Waals surface area (Å²) in [7, 11) is 1.78. The predicted octanol–water partition coefficient (Wildman–Crippen LogP) is 3.46. The third-order valence-corrected chi connectivity index (χ3v) is 4.75. The summed E-state index contributed by atoms with van der Waals surface area (Å²) in [5.74, 6) is -0.0606. The Hall–Kier alpha value is -1.88. The predicted molar refractivity (Wildman–Crippen MR) is 97.5 cm³/mol. The van der Waals surface area contributed by atoms with Gasteiger partial charge in [0.2, 0.25) is 5.91 Å². The normalized spacial score (nSPS) is 16.3. The largest absolute Gasteiger partial charge is 0.371 e. The summed E-state index contributed by atoms with van der Waals surface area (Å²) in [5.41, 5.74) is 3.41. The first-order valence-electron chi connectivity index (χ1n) is 8.37. The van der Waals surface area contributed by atoms with Gasteiger partial charge in [0.15, 0.2) is 0 Å². The molecule has 1 unspecified atom stereocenters. The van der Waals surface area contributed by atoms with Crippen molar-refractivity contribution in [3.05, 3.63) is 70.2 Å². The van der Waals surface area contributed by atoms with Gasteiger partial charge in [-0.3, -0.25) is 4.79 Å². The number of amides is 1. The lowest BCUT2D eigenvalue weighted by Crippen LogP contribution is -2.39. The highest BCUT2D eigenvalue weighted by Gasteiger charge is 2.22. The number of rotatable bonds is 6. The van der Waals surface area contributed by atoms with E-state index in [-0.39, 0.29) is 18.6 Å². The van der Waals surface area contributed by atoms with Crippen LogP contribution in [0.15, 0.2) is 48.5 Å². The lowest BCUT2D eigenvalue weighted by Gasteiger charge is -2.29. The van der Waals surface area contributed by atoms with Gasteiger partial charge < -0.3 is 14.4 Å². The number of benzene rings is 2. The van der Waals surface area contributed by atoms with Gasteiger partial charge in [0.1, 0.15) is 6.61 Å². The fourth-order valence-electron chi connectivity index (χ4n) is 2.91. The number of halogens is 1. The molecule has 0 radical (unpaired) electrons. The molecule has 2 aromatic rings. The van der Waals surface area contributed by atoms with E-state index in [0.717, 1.165) is 12.0 Å². The van der Waals surface area contributed by atoms with Crippen LogP contribution in [0.25, 0.3) is 0 Å². The first kappa shape index (κ1) is 17.9. The summed E-state index contributed by atoms with van der Waals surface area (Å²) in [6.07, 6.45) is 0.848. The number of hydrogen-bond acceptors (Lipinski definition) is 3. The molecule has 132 valence electrons. The number of ether oxygens (including phenoxy) is 2. The highest BCUT2D eigenvalue weighted by atomic mass is 35.5. The van der Waals surface area contributed by atoms with E-state index in [0.29, 0.717) is 24.8 Å². The van der Waals surface area contributed by atoms with E-state index < -0.39 is 0 Å². The van der Waals surface area contributed by atoms with Crippen molar-refractivity contribution in [2.24, 2.45) is 0 Å². The van der Waals surface area contributed by atoms with Crippen molar-refractivity contribution in [1.29, 1.82) is 0 Å². The average molecular weight is 360 g/mol. The number of fused-ring (bicyclic) bond motifs is 1. The number of nitrogens with zero attached hydrogens (tertiary/aromatic N) is 1. The van der Waals surface area contributed by atoms with E-state index in [2.05, 4.69) is 12.1 Å². The summed E-state index contributed by atoms with van der Waals surface area (Å²) in [6, 6.07) is 15.7. The van der Waals surface area contributed by atoms with Crippen LogP contribution in [0.5, 0.6) is 0 Å². The Bertz CT molecular complexity index is 734. The Morgan fingerprint density at radius 3 is 2.72 bits per heavy atom. The molecular formula is C20H22ClNO3. The van der Waals surface area contributed by atoms with Crippen molar-refractivity contribution in [3.63, 3.8) is 0 Å². The van der Waals surface area contributed by atoms with Crippen molar-refractivity contribution >= 4 is 17.5 Å². The molecule has 4 nitrogen and oxygen atoms in total. The molecule has 0 aliphatic carbocycles. The smallest absolute Gasteiger partial charge is 0.248 e. The summed E-state index contributed by atoms with van der Waals surface area (Å²) in [4.78, 5) is 13.9. The highest BCUT2D eigenvalue weighted by molar-refractivity contribution is 6.31. The van der Waals surface area contributed by atoms with Gasteiger partial charge in [-0.15, -0.1) is 0 Å². The SMILES string of the molecule is CN(CC1Cc2ccccc2CO1)C(=O)COCc1ccccc1Cl. The fourth-order valence-corrected chi connectivity index (χ4v) is 3.10. The topological polar surface area (TPSA) is 38.8 Å². The lowest BCUT2D eigenvalue weighted by atomic mass is 9.99. The van der Waals surface area contributed by atoms with Crippen LogP contribution < -0.4 is 0 Å². The molecule has 25 heavy (non-hydrogen) atoms. The molecule has 1 amide bonds. The van der Waals surface area contributed by atoms with Crippen LogP contribution in [0.4, 0.5) is 0 Å². The second-order valence-corrected chi connectivity index (χ2v) is 6.67. The van der Waals surface area contributed by atoms with Crippen molar-refractivity contribution < 1.29 is 14.3 Å². The van der Waals surface area contributed by atoms with E-state index in [4.69, 9.17) is 21.1 Å². The fraction of sp³-hybridized carbons (Fsp3) is 0.350. The summed E-state index contributed by atoms with van der Waals surface area (Å²) in [6.45, 7) is 1.52. The minimum absolute atomic E-state index is 0.0208. The van der Waals surface area contributed by atoms with Crippen molar-refractivity contribution in [3.8, 4) is 0 Å². The van der Waals surface area contributed by atoms with Crippen LogP contribution in [-0.4, -0.2) is 37.1 Å². The van der Waals surface area contributed by atoms with Gasteiger partial charge in [0, 0.05) is 25.0 Å². The third-order valence-electron chi connectivity index (χ3n) is 4.38. The van der Waals surface area contributed by atoms with Gasteiger partial charge in [-0.25, -0.2) is 0 Å². The molecule has 5 heteroatoms. The molecule has 3 rings (SSSR count). The van der Waals surface area contributed by atoms with Crippen molar-refractivity contribution in [2.45, 2.75) is 25.7 Å². The first-order valence-corrected chi connectivity index (χ1v) is 8.75. The molecule has 1 heterocycles. The van der Waals surface area contributed by atoms with Gasteiger partial charge in [-0.05, 0) is 22.8 Å². The second kappa shape index (κ2) is 8.48. The molecular weight excluding hydrogens is 338 g/mol. The Labute approximate surface area is 153 Å².